The van der Waals surface area contributed by atoms with E-state index in [1.807, 2.05) is 12.2 Å². The molecule has 2 unspecified atom stereocenters. The third-order valence-electron chi connectivity index (χ3n) is 4.95. The fraction of sp³-hybridized carbons (Fsp3) is 0.294. The van der Waals surface area contributed by atoms with Crippen molar-refractivity contribution in [1.29, 1.82) is 0 Å². The van der Waals surface area contributed by atoms with Gasteiger partial charge in [-0.1, -0.05) is 12.2 Å². The zero-order valence-corrected chi connectivity index (χ0v) is 11.9. The van der Waals surface area contributed by atoms with Crippen molar-refractivity contribution in [2.45, 2.75) is 24.4 Å². The molecular formula is C17H14O5. The Morgan fingerprint density at radius 1 is 1.14 bits per heavy atom. The highest BCUT2D eigenvalue weighted by Crippen LogP contribution is 2.57. The minimum absolute atomic E-state index is 0.0861. The minimum Gasteiger partial charge on any atom is -0.507 e. The lowest BCUT2D eigenvalue weighted by atomic mass is 9.66. The summed E-state index contributed by atoms with van der Waals surface area (Å²) in [4.78, 5) is 24.2. The first kappa shape index (κ1) is 13.3. The maximum atomic E-state index is 12.1. The first-order valence-electron chi connectivity index (χ1n) is 7.13. The van der Waals surface area contributed by atoms with E-state index < -0.39 is 17.2 Å². The van der Waals surface area contributed by atoms with Crippen LogP contribution in [0.2, 0.25) is 0 Å². The van der Waals surface area contributed by atoms with Crippen molar-refractivity contribution >= 4 is 11.6 Å². The Balaban J connectivity index is 2.15. The van der Waals surface area contributed by atoms with E-state index in [4.69, 9.17) is 4.74 Å². The maximum Gasteiger partial charge on any atom is 0.190 e. The summed E-state index contributed by atoms with van der Waals surface area (Å²) in [6.07, 6.45) is 7.43. The molecule has 0 aromatic heterocycles. The Hall–Kier alpha value is -2.40. The molecule has 0 heterocycles. The maximum absolute atomic E-state index is 12.1. The summed E-state index contributed by atoms with van der Waals surface area (Å²) in [6.45, 7) is 0. The number of aromatic hydroxyl groups is 2. The number of ether oxygens (including phenoxy) is 1. The molecule has 1 aromatic carbocycles. The van der Waals surface area contributed by atoms with Crippen LogP contribution in [0.3, 0.4) is 0 Å². The molecule has 0 amide bonds. The Kier molecular flexibility index (Phi) is 2.46. The molecule has 4 aliphatic carbocycles. The van der Waals surface area contributed by atoms with E-state index in [1.54, 1.807) is 0 Å². The van der Waals surface area contributed by atoms with Gasteiger partial charge in [0.25, 0.3) is 0 Å². The Morgan fingerprint density at radius 3 is 2.32 bits per heavy atom. The summed E-state index contributed by atoms with van der Waals surface area (Å²) >= 11 is 0. The van der Waals surface area contributed by atoms with Crippen molar-refractivity contribution in [3.63, 3.8) is 0 Å². The van der Waals surface area contributed by atoms with Crippen LogP contribution in [0.25, 0.3) is 0 Å². The van der Waals surface area contributed by atoms with Gasteiger partial charge in [-0.25, -0.2) is 0 Å². The lowest BCUT2D eigenvalue weighted by Gasteiger charge is -2.43. The summed E-state index contributed by atoms with van der Waals surface area (Å²) in [5.74, 6) is -1.50. The van der Waals surface area contributed by atoms with Crippen LogP contribution in [-0.2, 0) is 10.3 Å². The normalized spacial score (nSPS) is 28.0. The van der Waals surface area contributed by atoms with Crippen LogP contribution < -0.4 is 0 Å². The number of fused-ring (bicyclic) bond motifs is 2. The van der Waals surface area contributed by atoms with Gasteiger partial charge >= 0.3 is 0 Å². The molecule has 0 radical (unpaired) electrons. The van der Waals surface area contributed by atoms with Crippen LogP contribution in [-0.4, -0.2) is 28.9 Å². The molecule has 0 saturated carbocycles. The van der Waals surface area contributed by atoms with E-state index >= 15 is 0 Å². The SMILES string of the molecule is COC12C=CC(CC1)c1c(O)c3c(c(O)c12)C(=O)C=CC3=O. The molecule has 4 aliphatic rings. The third-order valence-corrected chi connectivity index (χ3v) is 4.95. The number of methoxy groups -OCH3 is 1. The average Bonchev–Trinajstić information content (AvgIpc) is 2.55. The van der Waals surface area contributed by atoms with E-state index in [9.17, 15) is 19.8 Å². The Morgan fingerprint density at radius 2 is 1.77 bits per heavy atom. The van der Waals surface area contributed by atoms with Gasteiger partial charge in [0.2, 0.25) is 0 Å². The molecule has 0 spiro atoms. The first-order valence-corrected chi connectivity index (χ1v) is 7.13. The topological polar surface area (TPSA) is 83.8 Å². The van der Waals surface area contributed by atoms with E-state index in [0.717, 1.165) is 18.6 Å². The molecule has 2 bridgehead atoms. The third kappa shape index (κ3) is 1.37. The van der Waals surface area contributed by atoms with Crippen LogP contribution in [0.15, 0.2) is 24.3 Å². The number of hydrogen-bond acceptors (Lipinski definition) is 5. The second-order valence-electron chi connectivity index (χ2n) is 5.90. The van der Waals surface area contributed by atoms with Crippen molar-refractivity contribution < 1.29 is 24.5 Å². The molecular weight excluding hydrogens is 284 g/mol. The number of rotatable bonds is 1. The molecule has 5 nitrogen and oxygen atoms in total. The van der Waals surface area contributed by atoms with Crippen LogP contribution >= 0.6 is 0 Å². The van der Waals surface area contributed by atoms with Gasteiger partial charge in [-0.3, -0.25) is 9.59 Å². The van der Waals surface area contributed by atoms with Crippen molar-refractivity contribution in [1.82, 2.24) is 0 Å². The number of allylic oxidation sites excluding steroid dienone is 3. The summed E-state index contributed by atoms with van der Waals surface area (Å²) < 4.78 is 5.61. The molecule has 0 aliphatic heterocycles. The molecule has 1 aromatic rings. The van der Waals surface area contributed by atoms with Gasteiger partial charge in [0, 0.05) is 24.2 Å². The lowest BCUT2D eigenvalue weighted by molar-refractivity contribution is 0.00415. The van der Waals surface area contributed by atoms with E-state index in [-0.39, 0.29) is 28.5 Å². The Bertz CT molecular complexity index is 802. The zero-order chi connectivity index (χ0) is 15.6. The summed E-state index contributed by atoms with van der Waals surface area (Å²) in [5, 5.41) is 21.3. The fourth-order valence-corrected chi connectivity index (χ4v) is 3.87. The Labute approximate surface area is 126 Å². The minimum atomic E-state index is -0.856. The number of carbonyl (C=O) groups excluding carboxylic acids is 2. The number of benzene rings is 1. The molecule has 112 valence electrons. The monoisotopic (exact) mass is 298 g/mol. The van der Waals surface area contributed by atoms with E-state index in [1.165, 1.54) is 7.11 Å². The highest BCUT2D eigenvalue weighted by Gasteiger charge is 2.48. The molecule has 5 rings (SSSR count). The van der Waals surface area contributed by atoms with Crippen molar-refractivity contribution in [3.05, 3.63) is 46.6 Å². The standard InChI is InChI=1S/C17H14O5/c1-22-17-6-4-8(5-7-17)11-14(17)16(21)13-10(19)3-2-9(18)12(13)15(11)20/h2-4,6,8,20-21H,5,7H2,1H3. The van der Waals surface area contributed by atoms with E-state index in [0.29, 0.717) is 17.5 Å². The first-order chi connectivity index (χ1) is 10.5. The fourth-order valence-electron chi connectivity index (χ4n) is 3.87. The molecule has 2 N–H and O–H groups in total. The van der Waals surface area contributed by atoms with Crippen molar-refractivity contribution in [2.24, 2.45) is 0 Å². The van der Waals surface area contributed by atoms with Gasteiger partial charge in [-0.15, -0.1) is 0 Å². The summed E-state index contributed by atoms with van der Waals surface area (Å²) in [7, 11) is 1.53. The smallest absolute Gasteiger partial charge is 0.190 e. The van der Waals surface area contributed by atoms with Crippen molar-refractivity contribution in [3.8, 4) is 11.5 Å². The predicted molar refractivity (Wildman–Crippen MR) is 77.4 cm³/mol. The second-order valence-corrected chi connectivity index (χ2v) is 5.90. The molecule has 0 saturated heterocycles. The van der Waals surface area contributed by atoms with Gasteiger partial charge in [0.1, 0.15) is 17.1 Å². The van der Waals surface area contributed by atoms with E-state index in [2.05, 4.69) is 0 Å². The number of ketones is 2. The summed E-state index contributed by atoms with van der Waals surface area (Å²) in [6, 6.07) is 0. The number of carbonyl (C=O) groups is 2. The highest BCUT2D eigenvalue weighted by molar-refractivity contribution is 6.24. The van der Waals surface area contributed by atoms with Crippen LogP contribution in [0.4, 0.5) is 0 Å². The quantitative estimate of drug-likeness (QED) is 0.614. The zero-order valence-electron chi connectivity index (χ0n) is 11.9. The van der Waals surface area contributed by atoms with Gasteiger partial charge in [0.15, 0.2) is 11.6 Å². The largest absolute Gasteiger partial charge is 0.507 e. The highest BCUT2D eigenvalue weighted by atomic mass is 16.5. The second kappa shape index (κ2) is 4.08. The van der Waals surface area contributed by atoms with Gasteiger partial charge in [-0.2, -0.15) is 0 Å². The average molecular weight is 298 g/mol. The number of phenols is 2. The predicted octanol–water partition coefficient (Wildman–Crippen LogP) is 2.32. The molecule has 5 heteroatoms. The molecule has 2 atom stereocenters. The summed E-state index contributed by atoms with van der Waals surface area (Å²) in [5.41, 5.74) is -0.160. The van der Waals surface area contributed by atoms with Crippen LogP contribution in [0.5, 0.6) is 11.5 Å². The van der Waals surface area contributed by atoms with Gasteiger partial charge in [0.05, 0.1) is 11.1 Å². The number of hydrogen-bond donors (Lipinski definition) is 2. The van der Waals surface area contributed by atoms with Crippen LogP contribution in [0, 0.1) is 0 Å². The van der Waals surface area contributed by atoms with Crippen LogP contribution in [0.1, 0.15) is 50.6 Å². The van der Waals surface area contributed by atoms with Gasteiger partial charge in [-0.05, 0) is 25.0 Å². The lowest BCUT2D eigenvalue weighted by Crippen LogP contribution is -2.37. The number of phenolic OH excluding ortho intramolecular Hbond substituents is 2. The van der Waals surface area contributed by atoms with Gasteiger partial charge < -0.3 is 14.9 Å². The molecule has 22 heavy (non-hydrogen) atoms. The molecule has 0 fully saturated rings. The van der Waals surface area contributed by atoms with Crippen molar-refractivity contribution in [2.75, 3.05) is 7.11 Å².